The average molecular weight is 393 g/mol. The van der Waals surface area contributed by atoms with E-state index in [1.807, 2.05) is 24.3 Å². The van der Waals surface area contributed by atoms with Crippen molar-refractivity contribution in [3.8, 4) is 0 Å². The number of hydrogen-bond acceptors (Lipinski definition) is 7. The van der Waals surface area contributed by atoms with Crippen molar-refractivity contribution in [1.29, 1.82) is 0 Å². The summed E-state index contributed by atoms with van der Waals surface area (Å²) in [5, 5.41) is 6.50. The molecule has 1 amide bonds. The van der Waals surface area contributed by atoms with E-state index >= 15 is 0 Å². The quantitative estimate of drug-likeness (QED) is 0.781. The van der Waals surface area contributed by atoms with Crippen LogP contribution in [0.1, 0.15) is 18.6 Å². The Morgan fingerprint density at radius 3 is 2.41 bits per heavy atom. The Morgan fingerprint density at radius 2 is 1.85 bits per heavy atom. The van der Waals surface area contributed by atoms with E-state index in [1.54, 1.807) is 13.8 Å². The van der Waals surface area contributed by atoms with Crippen molar-refractivity contribution in [3.05, 3.63) is 36.0 Å². The number of carbonyl (C=O) groups excluding carboxylic acids is 1. The first-order valence-electron chi connectivity index (χ1n) is 8.79. The van der Waals surface area contributed by atoms with Crippen molar-refractivity contribution in [1.82, 2.24) is 14.4 Å². The number of sulfonamides is 1. The monoisotopic (exact) mass is 393 g/mol. The van der Waals surface area contributed by atoms with Gasteiger partial charge in [0.2, 0.25) is 21.8 Å². The van der Waals surface area contributed by atoms with Gasteiger partial charge in [-0.3, -0.25) is 4.79 Å². The number of aromatic nitrogens is 2. The molecular weight excluding hydrogens is 370 g/mol. The molecule has 0 spiro atoms. The smallest absolute Gasteiger partial charge is 0.232 e. The summed E-state index contributed by atoms with van der Waals surface area (Å²) in [7, 11) is -3.13. The summed E-state index contributed by atoms with van der Waals surface area (Å²) in [6, 6.07) is 7.48. The highest BCUT2D eigenvalue weighted by molar-refractivity contribution is 7.89. The molecule has 9 nitrogen and oxygen atoms in total. The molecule has 3 rings (SSSR count). The van der Waals surface area contributed by atoms with Gasteiger partial charge in [0.1, 0.15) is 0 Å². The molecule has 146 valence electrons. The standard InChI is InChI=1S/C17H23N5O4S/c1-3-27(24,25)22-10-8-21(9-11-22)15-6-4-14(5-7-15)19-17(23)12-16-18-13(2)26-20-16/h4-7H,3,8-12H2,1-2H3,(H,19,23). The highest BCUT2D eigenvalue weighted by Crippen LogP contribution is 2.20. The van der Waals surface area contributed by atoms with Gasteiger partial charge in [-0.1, -0.05) is 5.16 Å². The van der Waals surface area contributed by atoms with Gasteiger partial charge in [-0.25, -0.2) is 8.42 Å². The van der Waals surface area contributed by atoms with E-state index in [2.05, 4.69) is 20.4 Å². The molecule has 0 atom stereocenters. The third-order valence-electron chi connectivity index (χ3n) is 4.40. The minimum absolute atomic E-state index is 0.0486. The lowest BCUT2D eigenvalue weighted by Crippen LogP contribution is -2.49. The first kappa shape index (κ1) is 19.3. The number of aryl methyl sites for hydroxylation is 1. The molecule has 1 saturated heterocycles. The number of rotatable bonds is 6. The summed E-state index contributed by atoms with van der Waals surface area (Å²) in [4.78, 5) is 18.2. The van der Waals surface area contributed by atoms with Crippen LogP contribution >= 0.6 is 0 Å². The summed E-state index contributed by atoms with van der Waals surface area (Å²) < 4.78 is 30.2. The van der Waals surface area contributed by atoms with Gasteiger partial charge in [-0.05, 0) is 31.2 Å². The number of hydrogen-bond donors (Lipinski definition) is 1. The summed E-state index contributed by atoms with van der Waals surface area (Å²) in [6.07, 6.45) is 0.0486. The van der Waals surface area contributed by atoms with E-state index in [1.165, 1.54) is 4.31 Å². The van der Waals surface area contributed by atoms with Crippen LogP contribution in [0.25, 0.3) is 0 Å². The molecule has 0 saturated carbocycles. The lowest BCUT2D eigenvalue weighted by atomic mass is 10.2. The minimum Gasteiger partial charge on any atom is -0.369 e. The van der Waals surface area contributed by atoms with E-state index < -0.39 is 10.0 Å². The highest BCUT2D eigenvalue weighted by atomic mass is 32.2. The predicted octanol–water partition coefficient (Wildman–Crippen LogP) is 1.03. The first-order valence-corrected chi connectivity index (χ1v) is 10.4. The molecule has 1 N–H and O–H groups in total. The van der Waals surface area contributed by atoms with E-state index in [0.29, 0.717) is 43.6 Å². The Balaban J connectivity index is 1.54. The van der Waals surface area contributed by atoms with Crippen LogP contribution in [-0.4, -0.2) is 60.7 Å². The second-order valence-corrected chi connectivity index (χ2v) is 8.55. The van der Waals surface area contributed by atoms with Crippen molar-refractivity contribution in [3.63, 3.8) is 0 Å². The molecule has 1 aromatic heterocycles. The lowest BCUT2D eigenvalue weighted by molar-refractivity contribution is -0.115. The number of piperazine rings is 1. The molecule has 0 radical (unpaired) electrons. The van der Waals surface area contributed by atoms with Crippen LogP contribution in [0.5, 0.6) is 0 Å². The van der Waals surface area contributed by atoms with Gasteiger partial charge < -0.3 is 14.7 Å². The summed E-state index contributed by atoms with van der Waals surface area (Å²) in [5.74, 6) is 0.683. The van der Waals surface area contributed by atoms with Gasteiger partial charge >= 0.3 is 0 Å². The second-order valence-electron chi connectivity index (χ2n) is 6.29. The third-order valence-corrected chi connectivity index (χ3v) is 6.28. The number of amides is 1. The molecule has 27 heavy (non-hydrogen) atoms. The lowest BCUT2D eigenvalue weighted by Gasteiger charge is -2.35. The van der Waals surface area contributed by atoms with Crippen LogP contribution in [0.2, 0.25) is 0 Å². The molecule has 1 fully saturated rings. The van der Waals surface area contributed by atoms with Crippen molar-refractivity contribution in [2.24, 2.45) is 0 Å². The van der Waals surface area contributed by atoms with Crippen LogP contribution in [0.3, 0.4) is 0 Å². The second kappa shape index (κ2) is 8.05. The van der Waals surface area contributed by atoms with Crippen LogP contribution in [0, 0.1) is 6.92 Å². The summed E-state index contributed by atoms with van der Waals surface area (Å²) >= 11 is 0. The molecule has 10 heteroatoms. The fourth-order valence-corrected chi connectivity index (χ4v) is 4.01. The number of nitrogens with zero attached hydrogens (tertiary/aromatic N) is 4. The van der Waals surface area contributed by atoms with Crippen molar-refractivity contribution in [2.45, 2.75) is 20.3 Å². The van der Waals surface area contributed by atoms with Gasteiger partial charge in [0.25, 0.3) is 0 Å². The van der Waals surface area contributed by atoms with Crippen LogP contribution in [0.4, 0.5) is 11.4 Å². The van der Waals surface area contributed by atoms with E-state index in [9.17, 15) is 13.2 Å². The van der Waals surface area contributed by atoms with Gasteiger partial charge in [0, 0.05) is 44.5 Å². The largest absolute Gasteiger partial charge is 0.369 e. The Bertz CT molecular complexity index is 886. The Labute approximate surface area is 158 Å². The predicted molar refractivity (Wildman–Crippen MR) is 101 cm³/mol. The number of nitrogens with one attached hydrogen (secondary N) is 1. The zero-order valence-electron chi connectivity index (χ0n) is 15.4. The molecule has 2 aromatic rings. The molecule has 0 unspecified atom stereocenters. The molecule has 2 heterocycles. The number of carbonyl (C=O) groups is 1. The fraction of sp³-hybridized carbons (Fsp3) is 0.471. The van der Waals surface area contributed by atoms with Crippen molar-refractivity contribution >= 4 is 27.3 Å². The van der Waals surface area contributed by atoms with E-state index in [0.717, 1.165) is 5.69 Å². The molecule has 1 aliphatic heterocycles. The van der Waals surface area contributed by atoms with Crippen LogP contribution in [0.15, 0.2) is 28.8 Å². The minimum atomic E-state index is -3.13. The molecule has 0 bridgehead atoms. The Morgan fingerprint density at radius 1 is 1.19 bits per heavy atom. The normalized spacial score (nSPS) is 15.7. The highest BCUT2D eigenvalue weighted by Gasteiger charge is 2.25. The van der Waals surface area contributed by atoms with E-state index in [4.69, 9.17) is 4.52 Å². The van der Waals surface area contributed by atoms with Crippen molar-refractivity contribution in [2.75, 3.05) is 42.1 Å². The topological polar surface area (TPSA) is 109 Å². The van der Waals surface area contributed by atoms with Crippen LogP contribution < -0.4 is 10.2 Å². The maximum absolute atomic E-state index is 12.0. The van der Waals surface area contributed by atoms with Gasteiger partial charge in [0.05, 0.1) is 12.2 Å². The zero-order valence-corrected chi connectivity index (χ0v) is 16.2. The summed E-state index contributed by atoms with van der Waals surface area (Å²) in [6.45, 7) is 5.58. The number of benzene rings is 1. The van der Waals surface area contributed by atoms with E-state index in [-0.39, 0.29) is 18.1 Å². The average Bonchev–Trinajstić information content (AvgIpc) is 3.07. The summed E-state index contributed by atoms with van der Waals surface area (Å²) in [5.41, 5.74) is 1.67. The molecule has 1 aromatic carbocycles. The first-order chi connectivity index (χ1) is 12.9. The molecule has 0 aliphatic carbocycles. The number of anilines is 2. The van der Waals surface area contributed by atoms with Crippen LogP contribution in [-0.2, 0) is 21.2 Å². The zero-order chi connectivity index (χ0) is 19.4. The maximum atomic E-state index is 12.0. The van der Waals surface area contributed by atoms with Gasteiger partial charge in [-0.15, -0.1) is 0 Å². The van der Waals surface area contributed by atoms with Gasteiger partial charge in [0.15, 0.2) is 5.82 Å². The molecule has 1 aliphatic rings. The maximum Gasteiger partial charge on any atom is 0.232 e. The SMILES string of the molecule is CCS(=O)(=O)N1CCN(c2ccc(NC(=O)Cc3noc(C)n3)cc2)CC1. The van der Waals surface area contributed by atoms with Gasteiger partial charge in [-0.2, -0.15) is 9.29 Å². The van der Waals surface area contributed by atoms with Crippen molar-refractivity contribution < 1.29 is 17.7 Å². The Kier molecular flexibility index (Phi) is 5.76. The Hall–Kier alpha value is -2.46. The molecular formula is C17H23N5O4S. The fourth-order valence-electron chi connectivity index (χ4n) is 2.92. The third kappa shape index (κ3) is 4.83.